The molecule has 2 heterocycles. The number of aryl methyl sites for hydroxylation is 1. The molecule has 0 aliphatic carbocycles. The number of hydrogen-bond acceptors (Lipinski definition) is 6. The van der Waals surface area contributed by atoms with Crippen molar-refractivity contribution in [2.45, 2.75) is 32.1 Å². The lowest BCUT2D eigenvalue weighted by Crippen LogP contribution is -2.23. The van der Waals surface area contributed by atoms with Crippen LogP contribution in [0.2, 0.25) is 0 Å². The average Bonchev–Trinajstić information content (AvgIpc) is 3.06. The highest BCUT2D eigenvalue weighted by atomic mass is 32.2. The minimum absolute atomic E-state index is 0.226. The van der Waals surface area contributed by atoms with Gasteiger partial charge in [0.25, 0.3) is 5.91 Å². The zero-order valence-corrected chi connectivity index (χ0v) is 13.1. The fraction of sp³-hybridized carbons (Fsp3) is 0.462. The first-order valence-corrected chi connectivity index (χ1v) is 8.66. The Kier molecular flexibility index (Phi) is 5.60. The lowest BCUT2D eigenvalue weighted by molar-refractivity contribution is 0.0941. The van der Waals surface area contributed by atoms with Crippen LogP contribution >= 0.6 is 23.1 Å². The lowest BCUT2D eigenvalue weighted by atomic mass is 10.2. The molecule has 1 N–H and O–H groups in total. The van der Waals surface area contributed by atoms with Crippen molar-refractivity contribution < 1.29 is 9.32 Å². The number of aromatic nitrogens is 2. The quantitative estimate of drug-likeness (QED) is 0.851. The summed E-state index contributed by atoms with van der Waals surface area (Å²) in [6, 6.07) is 1.69. The number of nitrogens with one attached hydrogen (secondary N) is 1. The molecule has 7 heteroatoms. The summed E-state index contributed by atoms with van der Waals surface area (Å²) >= 11 is 3.35. The molecule has 1 amide bonds. The average molecular weight is 311 g/mol. The van der Waals surface area contributed by atoms with E-state index < -0.39 is 0 Å². The summed E-state index contributed by atoms with van der Waals surface area (Å²) < 4.78 is 5.09. The van der Waals surface area contributed by atoms with Gasteiger partial charge >= 0.3 is 0 Å². The minimum Gasteiger partial charge on any atom is -0.361 e. The Morgan fingerprint density at radius 1 is 1.55 bits per heavy atom. The summed E-state index contributed by atoms with van der Waals surface area (Å²) in [7, 11) is 0. The molecule has 20 heavy (non-hydrogen) atoms. The van der Waals surface area contributed by atoms with Crippen LogP contribution in [0.5, 0.6) is 0 Å². The summed E-state index contributed by atoms with van der Waals surface area (Å²) in [5.41, 5.74) is 1.21. The highest BCUT2D eigenvalue weighted by Crippen LogP contribution is 2.15. The lowest BCUT2D eigenvalue weighted by Gasteiger charge is -1.99. The first-order valence-electron chi connectivity index (χ1n) is 6.39. The van der Waals surface area contributed by atoms with Gasteiger partial charge < -0.3 is 9.84 Å². The van der Waals surface area contributed by atoms with E-state index in [1.165, 1.54) is 0 Å². The van der Waals surface area contributed by atoms with Gasteiger partial charge in [0.2, 0.25) is 0 Å². The Bertz CT molecular complexity index is 565. The molecule has 2 aromatic heterocycles. The number of hydrogen-bond donors (Lipinski definition) is 1. The largest absolute Gasteiger partial charge is 0.361 e. The number of carbonyl (C=O) groups is 1. The summed E-state index contributed by atoms with van der Waals surface area (Å²) in [5.74, 6) is 1.42. The van der Waals surface area contributed by atoms with Crippen LogP contribution in [-0.4, -0.2) is 22.3 Å². The predicted molar refractivity (Wildman–Crippen MR) is 81.0 cm³/mol. The van der Waals surface area contributed by atoms with Crippen molar-refractivity contribution in [3.63, 3.8) is 0 Å². The summed E-state index contributed by atoms with van der Waals surface area (Å²) in [4.78, 5) is 16.3. The normalized spacial score (nSPS) is 10.7. The molecule has 0 saturated heterocycles. The number of thiazole rings is 1. The highest BCUT2D eigenvalue weighted by molar-refractivity contribution is 7.97. The minimum atomic E-state index is -0.226. The van der Waals surface area contributed by atoms with Gasteiger partial charge in [0.05, 0.1) is 12.2 Å². The Morgan fingerprint density at radius 3 is 3.15 bits per heavy atom. The first kappa shape index (κ1) is 15.1. The summed E-state index contributed by atoms with van der Waals surface area (Å²) in [6.07, 6.45) is 3.80. The zero-order chi connectivity index (χ0) is 14.4. The van der Waals surface area contributed by atoms with E-state index in [1.807, 2.05) is 11.6 Å². The van der Waals surface area contributed by atoms with Gasteiger partial charge in [-0.05, 0) is 12.7 Å². The summed E-state index contributed by atoms with van der Waals surface area (Å²) in [5, 5.41) is 9.62. The molecule has 0 unspecified atom stereocenters. The molecule has 0 aromatic carbocycles. The van der Waals surface area contributed by atoms with Crippen molar-refractivity contribution in [1.82, 2.24) is 15.5 Å². The molecule has 0 bridgehead atoms. The van der Waals surface area contributed by atoms with E-state index >= 15 is 0 Å². The van der Waals surface area contributed by atoms with Crippen LogP contribution in [0.4, 0.5) is 0 Å². The van der Waals surface area contributed by atoms with E-state index in [0.717, 1.165) is 35.1 Å². The second kappa shape index (κ2) is 7.44. The molecule has 0 spiro atoms. The molecule has 2 aromatic rings. The number of rotatable bonds is 7. The Hall–Kier alpha value is -1.34. The van der Waals surface area contributed by atoms with Crippen LogP contribution in [-0.2, 0) is 18.7 Å². The van der Waals surface area contributed by atoms with Crippen LogP contribution < -0.4 is 5.32 Å². The van der Waals surface area contributed by atoms with Crippen molar-refractivity contribution in [3.8, 4) is 0 Å². The number of nitrogens with zero attached hydrogens (tertiary/aromatic N) is 2. The van der Waals surface area contributed by atoms with Crippen LogP contribution in [0.1, 0.15) is 40.3 Å². The van der Waals surface area contributed by atoms with Crippen LogP contribution in [0.25, 0.3) is 0 Å². The third-order valence-electron chi connectivity index (χ3n) is 2.59. The van der Waals surface area contributed by atoms with Crippen molar-refractivity contribution in [2.24, 2.45) is 0 Å². The van der Waals surface area contributed by atoms with Gasteiger partial charge in [-0.25, -0.2) is 4.98 Å². The van der Waals surface area contributed by atoms with Crippen molar-refractivity contribution in [2.75, 3.05) is 6.26 Å². The van der Waals surface area contributed by atoms with E-state index in [9.17, 15) is 4.79 Å². The van der Waals surface area contributed by atoms with E-state index in [-0.39, 0.29) is 5.91 Å². The van der Waals surface area contributed by atoms with E-state index in [4.69, 9.17) is 4.52 Å². The summed E-state index contributed by atoms with van der Waals surface area (Å²) in [6.45, 7) is 2.47. The molecule has 2 rings (SSSR count). The van der Waals surface area contributed by atoms with E-state index in [0.29, 0.717) is 12.2 Å². The molecular weight excluding hydrogens is 294 g/mol. The van der Waals surface area contributed by atoms with Crippen molar-refractivity contribution >= 4 is 29.0 Å². The monoisotopic (exact) mass is 311 g/mol. The van der Waals surface area contributed by atoms with Gasteiger partial charge in [0, 0.05) is 23.6 Å². The third-order valence-corrected chi connectivity index (χ3v) is 4.23. The van der Waals surface area contributed by atoms with Crippen LogP contribution in [0.15, 0.2) is 16.0 Å². The maximum atomic E-state index is 11.9. The van der Waals surface area contributed by atoms with Crippen LogP contribution in [0, 0.1) is 0 Å². The third kappa shape index (κ3) is 4.08. The maximum Gasteiger partial charge on any atom is 0.273 e. The van der Waals surface area contributed by atoms with Crippen molar-refractivity contribution in [1.29, 1.82) is 0 Å². The van der Waals surface area contributed by atoms with Gasteiger partial charge in [0.15, 0.2) is 5.69 Å². The molecule has 0 aliphatic rings. The van der Waals surface area contributed by atoms with Gasteiger partial charge in [-0.1, -0.05) is 12.1 Å². The fourth-order valence-corrected chi connectivity index (χ4v) is 3.18. The van der Waals surface area contributed by atoms with Gasteiger partial charge in [-0.3, -0.25) is 4.79 Å². The van der Waals surface area contributed by atoms with Crippen molar-refractivity contribution in [3.05, 3.63) is 33.6 Å². The predicted octanol–water partition coefficient (Wildman–Crippen LogP) is 2.88. The molecular formula is C13H17N3O2S2. The standard InChI is InChI=1S/C13H17N3O2S2/c1-3-4-10-5-11(16-18-10)13(17)14-6-9-7-20-12(15-9)8-19-2/h5,7H,3-4,6,8H2,1-2H3,(H,14,17). The van der Waals surface area contributed by atoms with E-state index in [2.05, 4.69) is 22.4 Å². The van der Waals surface area contributed by atoms with E-state index in [1.54, 1.807) is 29.2 Å². The smallest absolute Gasteiger partial charge is 0.273 e. The molecule has 0 fully saturated rings. The fourth-order valence-electron chi connectivity index (χ4n) is 1.67. The molecule has 0 saturated carbocycles. The Labute approximate surface area is 126 Å². The topological polar surface area (TPSA) is 68.0 Å². The molecule has 108 valence electrons. The highest BCUT2D eigenvalue weighted by Gasteiger charge is 2.12. The molecule has 0 radical (unpaired) electrons. The van der Waals surface area contributed by atoms with Gasteiger partial charge in [-0.2, -0.15) is 11.8 Å². The van der Waals surface area contributed by atoms with Crippen LogP contribution in [0.3, 0.4) is 0 Å². The number of amides is 1. The molecule has 5 nitrogen and oxygen atoms in total. The first-order chi connectivity index (χ1) is 9.72. The molecule has 0 atom stereocenters. The molecule has 0 aliphatic heterocycles. The second-order valence-electron chi connectivity index (χ2n) is 4.28. The van der Waals surface area contributed by atoms with Gasteiger partial charge in [0.1, 0.15) is 10.8 Å². The Morgan fingerprint density at radius 2 is 2.40 bits per heavy atom. The number of carbonyl (C=O) groups excluding carboxylic acids is 1. The SMILES string of the molecule is CCCc1cc(C(=O)NCc2csc(CSC)n2)no1. The maximum absolute atomic E-state index is 11.9. The number of thioether (sulfide) groups is 1. The van der Waals surface area contributed by atoms with Gasteiger partial charge in [-0.15, -0.1) is 11.3 Å². The Balaban J connectivity index is 1.87. The second-order valence-corrected chi connectivity index (χ2v) is 6.09. The zero-order valence-electron chi connectivity index (χ0n) is 11.5.